The summed E-state index contributed by atoms with van der Waals surface area (Å²) >= 11 is 6.85. The monoisotopic (exact) mass is 965 g/mol. The second kappa shape index (κ2) is 36.3. The molecule has 3 aromatic rings. The van der Waals surface area contributed by atoms with Crippen LogP contribution in [0, 0.1) is 41.5 Å². The third kappa shape index (κ3) is 31.8. The molecule has 3 aromatic heterocycles. The molecule has 0 fully saturated rings. The highest BCUT2D eigenvalue weighted by Gasteiger charge is 2.03. The van der Waals surface area contributed by atoms with Gasteiger partial charge in [-0.15, -0.1) is 0 Å². The number of alkyl halides is 2. The zero-order valence-corrected chi connectivity index (χ0v) is 39.3. The molecule has 0 N–H and O–H groups in total. The number of nitrogens with zero attached hydrogens (tertiary/aromatic N) is 3. The topological polar surface area (TPSA) is 20.6 Å². The Morgan fingerprint density at radius 1 is 0.442 bits per heavy atom. The molecule has 0 aliphatic carbocycles. The van der Waals surface area contributed by atoms with E-state index in [0.717, 1.165) is 23.7 Å². The largest absolute Gasteiger partial charge is 1.00 e. The summed E-state index contributed by atoms with van der Waals surface area (Å²) in [6.45, 7) is 15.0. The molecule has 0 atom stereocenters. The van der Waals surface area contributed by atoms with Crippen molar-refractivity contribution < 1.29 is 43.1 Å². The number of rotatable bonds is 20. The molecule has 0 aliphatic rings. The van der Waals surface area contributed by atoms with Crippen LogP contribution in [0.4, 0.5) is 0 Å². The van der Waals surface area contributed by atoms with Crippen LogP contribution in [0.25, 0.3) is 0 Å². The van der Waals surface area contributed by atoms with Crippen LogP contribution >= 0.6 is 31.9 Å². The van der Waals surface area contributed by atoms with Crippen molar-refractivity contribution in [1.82, 2.24) is 4.98 Å². The molecule has 0 spiro atoms. The Bertz CT molecular complexity index is 1270. The predicted octanol–water partition coefficient (Wildman–Crippen LogP) is 6.58. The molecular formula is C45H67Br4N3. The van der Waals surface area contributed by atoms with Gasteiger partial charge in [-0.25, -0.2) is 9.13 Å². The second-order valence-electron chi connectivity index (χ2n) is 13.4. The van der Waals surface area contributed by atoms with E-state index < -0.39 is 0 Å². The van der Waals surface area contributed by atoms with Crippen molar-refractivity contribution in [2.45, 2.75) is 132 Å². The number of unbranched alkanes of at least 4 members (excludes halogenated alkanes) is 8. The number of halogens is 4. The molecule has 0 saturated carbocycles. The Kier molecular flexibility index (Phi) is 36.6. The van der Waals surface area contributed by atoms with Gasteiger partial charge in [0.1, 0.15) is 13.1 Å². The summed E-state index contributed by atoms with van der Waals surface area (Å²) < 4.78 is 4.65. The van der Waals surface area contributed by atoms with Crippen LogP contribution < -0.4 is 43.1 Å². The molecule has 0 aliphatic heterocycles. The van der Waals surface area contributed by atoms with Gasteiger partial charge in [-0.3, -0.25) is 4.98 Å². The Morgan fingerprint density at radius 3 is 1.00 bits per heavy atom. The van der Waals surface area contributed by atoms with Crippen molar-refractivity contribution in [2.24, 2.45) is 0 Å². The summed E-state index contributed by atoms with van der Waals surface area (Å²) in [5.41, 5.74) is 7.83. The lowest BCUT2D eigenvalue weighted by Crippen LogP contribution is -3.00. The van der Waals surface area contributed by atoms with E-state index in [1.54, 1.807) is 0 Å². The molecule has 290 valence electrons. The van der Waals surface area contributed by atoms with Gasteiger partial charge in [0.2, 0.25) is 0 Å². The fourth-order valence-electron chi connectivity index (χ4n) is 5.48. The first kappa shape index (κ1) is 52.4. The van der Waals surface area contributed by atoms with Gasteiger partial charge in [0.05, 0.1) is 0 Å². The molecule has 0 bridgehead atoms. The summed E-state index contributed by atoms with van der Waals surface area (Å²) in [5.74, 6) is 0. The van der Waals surface area contributed by atoms with Crippen LogP contribution in [0.3, 0.4) is 0 Å². The first-order valence-corrected chi connectivity index (χ1v) is 21.1. The normalized spacial score (nSPS) is 10.9. The fourth-order valence-corrected chi connectivity index (χ4v) is 6.27. The predicted molar refractivity (Wildman–Crippen MR) is 225 cm³/mol. The Hall–Kier alpha value is -1.67. The van der Waals surface area contributed by atoms with Gasteiger partial charge >= 0.3 is 0 Å². The van der Waals surface area contributed by atoms with Gasteiger partial charge in [-0.2, -0.15) is 0 Å². The minimum Gasteiger partial charge on any atom is -1.00 e. The zero-order valence-electron chi connectivity index (χ0n) is 33.0. The lowest BCUT2D eigenvalue weighted by molar-refractivity contribution is -0.698. The molecule has 0 unspecified atom stereocenters. The van der Waals surface area contributed by atoms with Gasteiger partial charge in [0, 0.05) is 58.1 Å². The van der Waals surface area contributed by atoms with Crippen LogP contribution in [0.2, 0.25) is 0 Å². The minimum absolute atomic E-state index is 0. The number of hydrogen-bond acceptors (Lipinski definition) is 1. The van der Waals surface area contributed by atoms with Crippen molar-refractivity contribution in [2.75, 3.05) is 10.7 Å². The molecule has 0 saturated heterocycles. The maximum Gasteiger partial charge on any atom is 0.171 e. The fraction of sp³-hybridized carbons (Fsp3) is 0.489. The third-order valence-electron chi connectivity index (χ3n) is 7.75. The molecule has 0 aromatic carbocycles. The minimum atomic E-state index is 0. The van der Waals surface area contributed by atoms with E-state index in [1.807, 2.05) is 26.2 Å². The number of aromatic nitrogens is 3. The van der Waals surface area contributed by atoms with Crippen LogP contribution in [0.1, 0.15) is 110 Å². The van der Waals surface area contributed by atoms with Crippen LogP contribution in [-0.4, -0.2) is 15.6 Å². The molecule has 0 radical (unpaired) electrons. The summed E-state index contributed by atoms with van der Waals surface area (Å²) in [5, 5.41) is 2.26. The number of aryl methyl sites for hydroxylation is 8. The molecule has 7 heteroatoms. The van der Waals surface area contributed by atoms with Gasteiger partial charge in [0.15, 0.2) is 24.8 Å². The average molecular weight is 970 g/mol. The lowest BCUT2D eigenvalue weighted by Gasteiger charge is -1.99. The smallest absolute Gasteiger partial charge is 0.171 e. The van der Waals surface area contributed by atoms with Crippen molar-refractivity contribution in [3.05, 3.63) is 137 Å². The molecule has 3 heterocycles. The quantitative estimate of drug-likeness (QED) is 0.0543. The number of allylic oxidation sites excluding steroid dienone is 8. The van der Waals surface area contributed by atoms with Crippen molar-refractivity contribution in [1.29, 1.82) is 0 Å². The summed E-state index contributed by atoms with van der Waals surface area (Å²) in [6.07, 6.45) is 45.4. The average Bonchev–Trinajstić information content (AvgIpc) is 3.06. The Labute approximate surface area is 357 Å². The first-order chi connectivity index (χ1) is 24.2. The van der Waals surface area contributed by atoms with E-state index in [-0.39, 0.29) is 34.0 Å². The molecule has 3 rings (SSSR count). The zero-order chi connectivity index (χ0) is 36.7. The number of hydrogen-bond donors (Lipinski definition) is 0. The van der Waals surface area contributed by atoms with Crippen molar-refractivity contribution in [3.8, 4) is 0 Å². The van der Waals surface area contributed by atoms with E-state index in [9.17, 15) is 0 Å². The highest BCUT2D eigenvalue weighted by molar-refractivity contribution is 9.09. The molecule has 52 heavy (non-hydrogen) atoms. The van der Waals surface area contributed by atoms with E-state index in [4.69, 9.17) is 0 Å². The summed E-state index contributed by atoms with van der Waals surface area (Å²) in [7, 11) is 0. The van der Waals surface area contributed by atoms with Crippen molar-refractivity contribution in [3.63, 3.8) is 0 Å². The molecule has 3 nitrogen and oxygen atoms in total. The van der Waals surface area contributed by atoms with Gasteiger partial charge in [-0.05, 0) is 129 Å². The van der Waals surface area contributed by atoms with Gasteiger partial charge < -0.3 is 34.0 Å². The SMILES string of the molecule is BrCCCC/C=C\C=C/CCCCBr.Cc1cc(C)c[n+](CCCC/C=C\C=C/CCCC[n+]2cc(C)cc(C)c2)c1.Cc1cncc(C)c1.[Br-].[Br-]. The lowest BCUT2D eigenvalue weighted by atomic mass is 10.2. The first-order valence-electron chi connectivity index (χ1n) is 18.8. The third-order valence-corrected chi connectivity index (χ3v) is 8.87. The maximum absolute atomic E-state index is 3.98. The van der Waals surface area contributed by atoms with E-state index in [2.05, 4.69) is 165 Å². The van der Waals surface area contributed by atoms with Crippen LogP contribution in [-0.2, 0) is 13.1 Å². The Morgan fingerprint density at radius 2 is 0.731 bits per heavy atom. The summed E-state index contributed by atoms with van der Waals surface area (Å²) in [4.78, 5) is 3.98. The van der Waals surface area contributed by atoms with E-state index in [1.165, 1.54) is 110 Å². The highest BCUT2D eigenvalue weighted by atomic mass is 79.9. The van der Waals surface area contributed by atoms with Gasteiger partial charge in [-0.1, -0.05) is 86.5 Å². The van der Waals surface area contributed by atoms with E-state index >= 15 is 0 Å². The standard InChI is InChI=1S/C26H38N2.C12H20Br2.C7H9N.2BrH/c1-23-17-24(2)20-27(19-23)15-13-11-9-7-5-6-8-10-12-14-16-28-21-25(3)18-26(4)22-28;13-11-9-7-5-3-1-2-4-6-8-10-12-14;1-6-3-7(2)5-8-4-6;;/h5-8,17-22H,9-16H2,1-4H3;1-4H,5-12H2;3-5H,1-2H3;2*1H/q+2;;;;/p-2/b7-5-,8-6-;3-1-,4-2-;;;. The van der Waals surface area contributed by atoms with Crippen LogP contribution in [0.5, 0.6) is 0 Å². The molecular weight excluding hydrogens is 902 g/mol. The van der Waals surface area contributed by atoms with Crippen molar-refractivity contribution >= 4 is 31.9 Å². The van der Waals surface area contributed by atoms with Crippen LogP contribution in [0.15, 0.2) is 104 Å². The maximum atomic E-state index is 3.98. The van der Waals surface area contributed by atoms with Gasteiger partial charge in [0.25, 0.3) is 0 Å². The van der Waals surface area contributed by atoms with E-state index in [0.29, 0.717) is 0 Å². The number of pyridine rings is 3. The second-order valence-corrected chi connectivity index (χ2v) is 15.0. The Balaban J connectivity index is 0. The highest BCUT2D eigenvalue weighted by Crippen LogP contribution is 2.04. The summed E-state index contributed by atoms with van der Waals surface area (Å²) in [6, 6.07) is 6.56. The molecule has 0 amide bonds.